The second kappa shape index (κ2) is 5.81. The van der Waals surface area contributed by atoms with E-state index in [-0.39, 0.29) is 11.2 Å². The number of hydrogen-bond acceptors (Lipinski definition) is 3. The molecule has 0 fully saturated rings. The zero-order valence-corrected chi connectivity index (χ0v) is 11.3. The highest BCUT2D eigenvalue weighted by atomic mass is 79.9. The molecule has 0 saturated heterocycles. The quantitative estimate of drug-likeness (QED) is 0.761. The van der Waals surface area contributed by atoms with Crippen molar-refractivity contribution in [3.63, 3.8) is 0 Å². The zero-order chi connectivity index (χ0) is 12.2. The highest BCUT2D eigenvalue weighted by Gasteiger charge is 2.12. The van der Waals surface area contributed by atoms with E-state index in [9.17, 15) is 13.5 Å². The molecule has 92 valence electrons. The number of halogens is 1. The number of aryl methyl sites for hydroxylation is 1. The van der Waals surface area contributed by atoms with E-state index in [1.54, 1.807) is 0 Å². The molecule has 0 aliphatic rings. The van der Waals surface area contributed by atoms with Crippen LogP contribution in [0.25, 0.3) is 0 Å². The molecular formula is C9H15BrN2O3S. The summed E-state index contributed by atoms with van der Waals surface area (Å²) in [6.07, 6.45) is 1.53. The molecule has 0 aromatic carbocycles. The summed E-state index contributed by atoms with van der Waals surface area (Å²) in [5, 5.41) is 9.79. The van der Waals surface area contributed by atoms with E-state index < -0.39 is 16.1 Å². The molecule has 0 saturated carbocycles. The van der Waals surface area contributed by atoms with Crippen molar-refractivity contribution in [2.75, 3.05) is 11.2 Å². The molecule has 1 aromatic rings. The number of rotatable bonds is 6. The van der Waals surface area contributed by atoms with Crippen LogP contribution < -0.4 is 4.72 Å². The highest BCUT2D eigenvalue weighted by Crippen LogP contribution is 2.15. The fourth-order valence-corrected chi connectivity index (χ4v) is 2.35. The average molecular weight is 311 g/mol. The van der Waals surface area contributed by atoms with Gasteiger partial charge in [0.25, 0.3) is 0 Å². The van der Waals surface area contributed by atoms with Gasteiger partial charge in [0.2, 0.25) is 10.0 Å². The molecule has 1 atom stereocenters. The first-order valence-corrected chi connectivity index (χ1v) is 7.56. The summed E-state index contributed by atoms with van der Waals surface area (Å²) in [6.45, 7) is 0.222. The van der Waals surface area contributed by atoms with E-state index in [1.165, 1.54) is 0 Å². The molecule has 1 unspecified atom stereocenters. The number of hydrogen-bond donors (Lipinski definition) is 2. The van der Waals surface area contributed by atoms with Crippen LogP contribution in [0.3, 0.4) is 0 Å². The van der Waals surface area contributed by atoms with Gasteiger partial charge in [0.1, 0.15) is 4.66 Å². The lowest BCUT2D eigenvalue weighted by atomic mass is 10.2. The third-order valence-corrected chi connectivity index (χ3v) is 4.95. The predicted molar refractivity (Wildman–Crippen MR) is 65.7 cm³/mol. The van der Waals surface area contributed by atoms with Crippen LogP contribution in [0.4, 0.5) is 0 Å². The Kier molecular flexibility index (Phi) is 4.97. The van der Waals surface area contributed by atoms with Crippen molar-refractivity contribution in [3.8, 4) is 0 Å². The maximum absolute atomic E-state index is 11.1. The smallest absolute Gasteiger partial charge is 0.221 e. The largest absolute Gasteiger partial charge is 0.387 e. The van der Waals surface area contributed by atoms with Gasteiger partial charge in [-0.1, -0.05) is 15.9 Å². The number of aromatic nitrogens is 1. The Morgan fingerprint density at radius 2 is 2.31 bits per heavy atom. The first-order chi connectivity index (χ1) is 7.46. The van der Waals surface area contributed by atoms with Crippen LogP contribution in [-0.4, -0.2) is 29.3 Å². The topological polar surface area (TPSA) is 71.3 Å². The second-order valence-corrected chi connectivity index (χ2v) is 6.58. The number of aliphatic hydroxyl groups is 1. The number of nitrogens with zero attached hydrogens (tertiary/aromatic N) is 1. The standard InChI is InChI=1S/C9H15BrN2O3S/c1-12-6-2-3-8(12)9(13)4-5-11-16(14,15)7-10/h2-3,6,9,11,13H,4-5,7H2,1H3. The third kappa shape index (κ3) is 3.89. The van der Waals surface area contributed by atoms with Crippen LogP contribution in [0.5, 0.6) is 0 Å². The van der Waals surface area contributed by atoms with Crippen molar-refractivity contribution < 1.29 is 13.5 Å². The Morgan fingerprint density at radius 3 is 2.81 bits per heavy atom. The molecule has 0 amide bonds. The lowest BCUT2D eigenvalue weighted by Crippen LogP contribution is -2.26. The summed E-state index contributed by atoms with van der Waals surface area (Å²) >= 11 is 2.87. The van der Waals surface area contributed by atoms with Crippen molar-refractivity contribution in [1.29, 1.82) is 0 Å². The van der Waals surface area contributed by atoms with Gasteiger partial charge in [0.05, 0.1) is 6.10 Å². The van der Waals surface area contributed by atoms with E-state index in [0.717, 1.165) is 5.69 Å². The first-order valence-electron chi connectivity index (χ1n) is 4.79. The molecule has 0 aliphatic heterocycles. The normalized spacial score (nSPS) is 13.9. The van der Waals surface area contributed by atoms with Crippen LogP contribution in [-0.2, 0) is 17.1 Å². The van der Waals surface area contributed by atoms with Gasteiger partial charge < -0.3 is 9.67 Å². The molecule has 1 rings (SSSR count). The molecule has 0 bridgehead atoms. The van der Waals surface area contributed by atoms with Crippen LogP contribution in [0.1, 0.15) is 18.2 Å². The van der Waals surface area contributed by atoms with Gasteiger partial charge in [0, 0.05) is 25.5 Å². The molecule has 1 heterocycles. The van der Waals surface area contributed by atoms with E-state index >= 15 is 0 Å². The van der Waals surface area contributed by atoms with Crippen molar-refractivity contribution >= 4 is 26.0 Å². The van der Waals surface area contributed by atoms with Crippen LogP contribution in [0, 0.1) is 0 Å². The Bertz CT molecular complexity index is 430. The Balaban J connectivity index is 2.43. The van der Waals surface area contributed by atoms with Gasteiger partial charge in [0.15, 0.2) is 0 Å². The molecule has 5 nitrogen and oxygen atoms in total. The Labute approximate surface area is 104 Å². The molecule has 2 N–H and O–H groups in total. The number of aliphatic hydroxyl groups excluding tert-OH is 1. The summed E-state index contributed by atoms with van der Waals surface area (Å²) in [5.74, 6) is 0. The second-order valence-electron chi connectivity index (χ2n) is 3.47. The monoisotopic (exact) mass is 310 g/mol. The van der Waals surface area contributed by atoms with Crippen molar-refractivity contribution in [3.05, 3.63) is 24.0 Å². The minimum atomic E-state index is -3.25. The lowest BCUT2D eigenvalue weighted by molar-refractivity contribution is 0.161. The van der Waals surface area contributed by atoms with Crippen molar-refractivity contribution in [1.82, 2.24) is 9.29 Å². The van der Waals surface area contributed by atoms with Gasteiger partial charge in [-0.3, -0.25) is 0 Å². The van der Waals surface area contributed by atoms with Crippen molar-refractivity contribution in [2.24, 2.45) is 7.05 Å². The van der Waals surface area contributed by atoms with Crippen LogP contribution in [0.15, 0.2) is 18.3 Å². The number of alkyl halides is 1. The molecule has 1 aromatic heterocycles. The lowest BCUT2D eigenvalue weighted by Gasteiger charge is -2.12. The first kappa shape index (κ1) is 13.7. The predicted octanol–water partition coefficient (Wildman–Crippen LogP) is 0.720. The zero-order valence-electron chi connectivity index (χ0n) is 8.93. The fraction of sp³-hybridized carbons (Fsp3) is 0.556. The SMILES string of the molecule is Cn1cccc1C(O)CCNS(=O)(=O)CBr. The van der Waals surface area contributed by atoms with Gasteiger partial charge in [-0.15, -0.1) is 0 Å². The van der Waals surface area contributed by atoms with E-state index in [2.05, 4.69) is 20.7 Å². The van der Waals surface area contributed by atoms with Gasteiger partial charge in [-0.25, -0.2) is 13.1 Å². The Morgan fingerprint density at radius 1 is 1.62 bits per heavy atom. The highest BCUT2D eigenvalue weighted by molar-refractivity contribution is 9.10. The molecule has 0 radical (unpaired) electrons. The third-order valence-electron chi connectivity index (χ3n) is 2.21. The average Bonchev–Trinajstić information content (AvgIpc) is 2.64. The van der Waals surface area contributed by atoms with E-state index in [1.807, 2.05) is 29.9 Å². The molecule has 0 aliphatic carbocycles. The van der Waals surface area contributed by atoms with Gasteiger partial charge >= 0.3 is 0 Å². The minimum Gasteiger partial charge on any atom is -0.387 e. The summed E-state index contributed by atoms with van der Waals surface area (Å²) in [4.78, 5) is 0. The number of nitrogens with one attached hydrogen (secondary N) is 1. The summed E-state index contributed by atoms with van der Waals surface area (Å²) < 4.78 is 26.2. The summed E-state index contributed by atoms with van der Waals surface area (Å²) in [5.41, 5.74) is 0.776. The van der Waals surface area contributed by atoms with Crippen LogP contribution >= 0.6 is 15.9 Å². The molecular weight excluding hydrogens is 296 g/mol. The van der Waals surface area contributed by atoms with E-state index in [0.29, 0.717) is 6.42 Å². The summed E-state index contributed by atoms with van der Waals surface area (Å²) in [6, 6.07) is 3.64. The van der Waals surface area contributed by atoms with Crippen molar-refractivity contribution in [2.45, 2.75) is 12.5 Å². The Hall–Kier alpha value is -0.370. The molecule has 0 spiro atoms. The van der Waals surface area contributed by atoms with Gasteiger partial charge in [-0.2, -0.15) is 0 Å². The molecule has 7 heteroatoms. The fourth-order valence-electron chi connectivity index (χ4n) is 1.36. The van der Waals surface area contributed by atoms with Crippen LogP contribution in [0.2, 0.25) is 0 Å². The summed E-state index contributed by atoms with van der Waals surface area (Å²) in [7, 11) is -1.41. The molecule has 16 heavy (non-hydrogen) atoms. The maximum Gasteiger partial charge on any atom is 0.221 e. The maximum atomic E-state index is 11.1. The van der Waals surface area contributed by atoms with Gasteiger partial charge in [-0.05, 0) is 18.6 Å². The minimum absolute atomic E-state index is 0.125. The number of sulfonamides is 1. The van der Waals surface area contributed by atoms with E-state index in [4.69, 9.17) is 0 Å².